The van der Waals surface area contributed by atoms with Crippen molar-refractivity contribution < 1.29 is 0 Å². The summed E-state index contributed by atoms with van der Waals surface area (Å²) in [5, 5.41) is 3.63. The molecule has 18 heavy (non-hydrogen) atoms. The van der Waals surface area contributed by atoms with Crippen molar-refractivity contribution in [3.05, 3.63) is 16.1 Å². The van der Waals surface area contributed by atoms with Crippen molar-refractivity contribution in [1.29, 1.82) is 0 Å². The van der Waals surface area contributed by atoms with Gasteiger partial charge >= 0.3 is 0 Å². The third-order valence-corrected chi connectivity index (χ3v) is 4.67. The lowest BCUT2D eigenvalue weighted by Gasteiger charge is -2.29. The van der Waals surface area contributed by atoms with E-state index >= 15 is 0 Å². The molecular formula is C14H25N3S. The van der Waals surface area contributed by atoms with Gasteiger partial charge in [-0.25, -0.2) is 4.98 Å². The van der Waals surface area contributed by atoms with Gasteiger partial charge in [0.2, 0.25) is 0 Å². The molecule has 0 spiro atoms. The maximum absolute atomic E-state index is 4.29. The topological polar surface area (TPSA) is 28.2 Å². The van der Waals surface area contributed by atoms with Gasteiger partial charge in [0.1, 0.15) is 0 Å². The maximum Gasteiger partial charge on any atom is 0.0797 e. The average Bonchev–Trinajstić information content (AvgIpc) is 2.76. The monoisotopic (exact) mass is 267 g/mol. The Bertz CT molecular complexity index is 345. The molecule has 1 unspecified atom stereocenters. The van der Waals surface area contributed by atoms with Crippen LogP contribution in [0, 0.1) is 6.92 Å². The SMILES string of the molecule is Cc1ncsc1CCNC(C)CN1CCCCC1. The molecule has 102 valence electrons. The highest BCUT2D eigenvalue weighted by Gasteiger charge is 2.12. The Balaban J connectivity index is 1.62. The zero-order valence-electron chi connectivity index (χ0n) is 11.6. The highest BCUT2D eigenvalue weighted by atomic mass is 32.1. The third kappa shape index (κ3) is 4.34. The molecule has 1 aliphatic heterocycles. The number of hydrogen-bond donors (Lipinski definition) is 1. The normalized spacial score (nSPS) is 19.0. The van der Waals surface area contributed by atoms with Crippen LogP contribution in [0.25, 0.3) is 0 Å². The number of nitrogens with one attached hydrogen (secondary N) is 1. The Morgan fingerprint density at radius 2 is 2.17 bits per heavy atom. The van der Waals surface area contributed by atoms with Gasteiger partial charge in [-0.2, -0.15) is 0 Å². The molecule has 1 aliphatic rings. The van der Waals surface area contributed by atoms with Crippen LogP contribution >= 0.6 is 11.3 Å². The van der Waals surface area contributed by atoms with Crippen molar-refractivity contribution in [2.75, 3.05) is 26.2 Å². The standard InChI is InChI=1S/C14H25N3S/c1-12(10-17-8-4-3-5-9-17)15-7-6-14-13(2)16-11-18-14/h11-12,15H,3-10H2,1-2H3. The number of nitrogens with zero attached hydrogens (tertiary/aromatic N) is 2. The summed E-state index contributed by atoms with van der Waals surface area (Å²) in [7, 11) is 0. The molecule has 1 fully saturated rings. The molecule has 0 aromatic carbocycles. The minimum Gasteiger partial charge on any atom is -0.313 e. The van der Waals surface area contributed by atoms with Crippen molar-refractivity contribution in [3.63, 3.8) is 0 Å². The van der Waals surface area contributed by atoms with Gasteiger partial charge in [-0.05, 0) is 46.2 Å². The lowest BCUT2D eigenvalue weighted by atomic mass is 10.1. The second kappa shape index (κ2) is 7.22. The van der Waals surface area contributed by atoms with Crippen molar-refractivity contribution in [2.45, 2.75) is 45.6 Å². The van der Waals surface area contributed by atoms with E-state index in [1.165, 1.54) is 49.5 Å². The molecule has 2 heterocycles. The minimum absolute atomic E-state index is 0.594. The Labute approximate surface area is 115 Å². The predicted octanol–water partition coefficient (Wildman–Crippen LogP) is 2.46. The molecule has 0 radical (unpaired) electrons. The maximum atomic E-state index is 4.29. The van der Waals surface area contributed by atoms with E-state index in [9.17, 15) is 0 Å². The van der Waals surface area contributed by atoms with Gasteiger partial charge in [-0.3, -0.25) is 0 Å². The van der Waals surface area contributed by atoms with Crippen molar-refractivity contribution >= 4 is 11.3 Å². The zero-order valence-corrected chi connectivity index (χ0v) is 12.4. The van der Waals surface area contributed by atoms with Gasteiger partial charge in [0.25, 0.3) is 0 Å². The van der Waals surface area contributed by atoms with Gasteiger partial charge < -0.3 is 10.2 Å². The van der Waals surface area contributed by atoms with E-state index < -0.39 is 0 Å². The molecule has 4 heteroatoms. The Morgan fingerprint density at radius 1 is 1.39 bits per heavy atom. The first-order valence-corrected chi connectivity index (χ1v) is 7.98. The molecule has 1 saturated heterocycles. The molecule has 0 aliphatic carbocycles. The largest absolute Gasteiger partial charge is 0.313 e. The van der Waals surface area contributed by atoms with Crippen LogP contribution in [0.1, 0.15) is 36.8 Å². The van der Waals surface area contributed by atoms with E-state index in [2.05, 4.69) is 29.0 Å². The average molecular weight is 267 g/mol. The van der Waals surface area contributed by atoms with Crippen LogP contribution in [-0.2, 0) is 6.42 Å². The first kappa shape index (κ1) is 14.0. The zero-order chi connectivity index (χ0) is 12.8. The fourth-order valence-corrected chi connectivity index (χ4v) is 3.37. The lowest BCUT2D eigenvalue weighted by Crippen LogP contribution is -2.42. The molecule has 2 rings (SSSR count). The summed E-state index contributed by atoms with van der Waals surface area (Å²) < 4.78 is 0. The molecule has 3 nitrogen and oxygen atoms in total. The van der Waals surface area contributed by atoms with Crippen LogP contribution < -0.4 is 5.32 Å². The number of thiazole rings is 1. The number of rotatable bonds is 6. The summed E-state index contributed by atoms with van der Waals surface area (Å²) in [4.78, 5) is 8.31. The van der Waals surface area contributed by atoms with E-state index in [4.69, 9.17) is 0 Å². The fourth-order valence-electron chi connectivity index (χ4n) is 2.59. The number of aromatic nitrogens is 1. The lowest BCUT2D eigenvalue weighted by molar-refractivity contribution is 0.209. The van der Waals surface area contributed by atoms with Gasteiger partial charge in [0.05, 0.1) is 11.2 Å². The second-order valence-electron chi connectivity index (χ2n) is 5.33. The van der Waals surface area contributed by atoms with Crippen LogP contribution in [0.15, 0.2) is 5.51 Å². The highest BCUT2D eigenvalue weighted by molar-refractivity contribution is 7.09. The summed E-state index contributed by atoms with van der Waals surface area (Å²) in [5.74, 6) is 0. The summed E-state index contributed by atoms with van der Waals surface area (Å²) >= 11 is 1.78. The fraction of sp³-hybridized carbons (Fsp3) is 0.786. The van der Waals surface area contributed by atoms with Gasteiger partial charge in [-0.1, -0.05) is 6.42 Å². The number of piperidine rings is 1. The van der Waals surface area contributed by atoms with Crippen LogP contribution in [0.3, 0.4) is 0 Å². The molecule has 1 atom stereocenters. The van der Waals surface area contributed by atoms with Crippen molar-refractivity contribution in [2.24, 2.45) is 0 Å². The van der Waals surface area contributed by atoms with Crippen LogP contribution in [0.2, 0.25) is 0 Å². The number of hydrogen-bond acceptors (Lipinski definition) is 4. The van der Waals surface area contributed by atoms with Crippen molar-refractivity contribution in [1.82, 2.24) is 15.2 Å². The highest BCUT2D eigenvalue weighted by Crippen LogP contribution is 2.12. The van der Waals surface area contributed by atoms with Gasteiger partial charge in [-0.15, -0.1) is 11.3 Å². The first-order valence-electron chi connectivity index (χ1n) is 7.10. The van der Waals surface area contributed by atoms with E-state index in [1.54, 1.807) is 11.3 Å². The minimum atomic E-state index is 0.594. The predicted molar refractivity (Wildman–Crippen MR) is 78.3 cm³/mol. The summed E-state index contributed by atoms with van der Waals surface area (Å²) in [6.07, 6.45) is 5.30. The molecule has 1 aromatic heterocycles. The summed E-state index contributed by atoms with van der Waals surface area (Å²) in [6, 6.07) is 0.594. The van der Waals surface area contributed by atoms with E-state index in [1.807, 2.05) is 5.51 Å². The second-order valence-corrected chi connectivity index (χ2v) is 6.27. The molecule has 0 amide bonds. The van der Waals surface area contributed by atoms with Crippen molar-refractivity contribution in [3.8, 4) is 0 Å². The smallest absolute Gasteiger partial charge is 0.0797 e. The molecule has 0 saturated carbocycles. The van der Waals surface area contributed by atoms with Crippen LogP contribution in [-0.4, -0.2) is 42.1 Å². The van der Waals surface area contributed by atoms with E-state index in [-0.39, 0.29) is 0 Å². The Kier molecular flexibility index (Phi) is 5.60. The molecule has 0 bridgehead atoms. The summed E-state index contributed by atoms with van der Waals surface area (Å²) in [5.41, 5.74) is 3.15. The Hall–Kier alpha value is -0.450. The van der Waals surface area contributed by atoms with Crippen LogP contribution in [0.4, 0.5) is 0 Å². The Morgan fingerprint density at radius 3 is 2.83 bits per heavy atom. The third-order valence-electron chi connectivity index (χ3n) is 3.67. The first-order chi connectivity index (χ1) is 8.75. The van der Waals surface area contributed by atoms with Gasteiger partial charge in [0.15, 0.2) is 0 Å². The number of aryl methyl sites for hydroxylation is 1. The summed E-state index contributed by atoms with van der Waals surface area (Å²) in [6.45, 7) is 9.25. The van der Waals surface area contributed by atoms with E-state index in [0.717, 1.165) is 13.0 Å². The van der Waals surface area contributed by atoms with E-state index in [0.29, 0.717) is 6.04 Å². The molecule has 1 aromatic rings. The quantitative estimate of drug-likeness (QED) is 0.858. The molecule has 1 N–H and O–H groups in total. The molecular weight excluding hydrogens is 242 g/mol. The van der Waals surface area contributed by atoms with Gasteiger partial charge in [0, 0.05) is 24.0 Å². The number of likely N-dealkylation sites (tertiary alicyclic amines) is 1. The van der Waals surface area contributed by atoms with Crippen LogP contribution in [0.5, 0.6) is 0 Å².